The van der Waals surface area contributed by atoms with Crippen molar-refractivity contribution in [3.05, 3.63) is 53.6 Å². The molecule has 6 heteroatoms. The summed E-state index contributed by atoms with van der Waals surface area (Å²) in [6, 6.07) is 15.4. The Hall–Kier alpha value is -2.24. The highest BCUT2D eigenvalue weighted by molar-refractivity contribution is 6.33. The second-order valence-electron chi connectivity index (χ2n) is 6.22. The van der Waals surface area contributed by atoms with Gasteiger partial charge in [0.25, 0.3) is 0 Å². The number of halogens is 1. The van der Waals surface area contributed by atoms with Gasteiger partial charge in [-0.05, 0) is 43.4 Å². The largest absolute Gasteiger partial charge is 0.375 e. The number of rotatable bonds is 5. The highest BCUT2D eigenvalue weighted by Crippen LogP contribution is 2.21. The number of carbonyl (C=O) groups excluding carboxylic acids is 1. The third-order valence-electron chi connectivity index (χ3n) is 4.33. The van der Waals surface area contributed by atoms with Gasteiger partial charge >= 0.3 is 0 Å². The Kier molecular flexibility index (Phi) is 5.79. The van der Waals surface area contributed by atoms with Crippen LogP contribution in [0.2, 0.25) is 5.02 Å². The van der Waals surface area contributed by atoms with E-state index in [4.69, 9.17) is 11.6 Å². The lowest BCUT2D eigenvalue weighted by Gasteiger charge is -2.34. The minimum Gasteiger partial charge on any atom is -0.375 e. The van der Waals surface area contributed by atoms with Gasteiger partial charge in [-0.15, -0.1) is 0 Å². The minimum absolute atomic E-state index is 0.104. The molecule has 5 nitrogen and oxygen atoms in total. The number of anilines is 3. The van der Waals surface area contributed by atoms with Crippen molar-refractivity contribution >= 4 is 34.6 Å². The fourth-order valence-electron chi connectivity index (χ4n) is 2.81. The zero-order valence-electron chi connectivity index (χ0n) is 14.3. The minimum atomic E-state index is -0.104. The quantitative estimate of drug-likeness (QED) is 0.862. The molecule has 1 saturated heterocycles. The van der Waals surface area contributed by atoms with Gasteiger partial charge in [-0.25, -0.2) is 0 Å². The smallest absolute Gasteiger partial charge is 0.243 e. The van der Waals surface area contributed by atoms with E-state index in [9.17, 15) is 4.79 Å². The van der Waals surface area contributed by atoms with E-state index < -0.39 is 0 Å². The number of para-hydroxylation sites is 1. The van der Waals surface area contributed by atoms with Gasteiger partial charge in [0, 0.05) is 37.6 Å². The predicted octanol–water partition coefficient (Wildman–Crippen LogP) is 3.14. The molecule has 2 aromatic rings. The second kappa shape index (κ2) is 8.23. The molecule has 3 rings (SSSR count). The first kappa shape index (κ1) is 17.6. The maximum atomic E-state index is 12.1. The lowest BCUT2D eigenvalue weighted by molar-refractivity contribution is -0.114. The van der Waals surface area contributed by atoms with Crippen LogP contribution < -0.4 is 15.5 Å². The van der Waals surface area contributed by atoms with E-state index >= 15 is 0 Å². The molecule has 1 heterocycles. The summed E-state index contributed by atoms with van der Waals surface area (Å²) in [6.07, 6.45) is 0. The van der Waals surface area contributed by atoms with Gasteiger partial charge in [-0.2, -0.15) is 0 Å². The normalized spacial score (nSPS) is 15.0. The van der Waals surface area contributed by atoms with Crippen molar-refractivity contribution in [3.8, 4) is 0 Å². The molecule has 2 aromatic carbocycles. The predicted molar refractivity (Wildman–Crippen MR) is 105 cm³/mol. The van der Waals surface area contributed by atoms with Crippen LogP contribution in [0.4, 0.5) is 17.1 Å². The van der Waals surface area contributed by atoms with E-state index in [0.29, 0.717) is 5.02 Å². The molecule has 0 bridgehead atoms. The van der Waals surface area contributed by atoms with Crippen molar-refractivity contribution < 1.29 is 4.79 Å². The topological polar surface area (TPSA) is 47.6 Å². The van der Waals surface area contributed by atoms with Crippen molar-refractivity contribution in [1.29, 1.82) is 0 Å². The third-order valence-corrected chi connectivity index (χ3v) is 4.66. The summed E-state index contributed by atoms with van der Waals surface area (Å²) < 4.78 is 0. The van der Waals surface area contributed by atoms with Crippen LogP contribution in [0.3, 0.4) is 0 Å². The molecule has 0 radical (unpaired) electrons. The standard InChI is InChI=1S/C19H23ClN4O/c1-23-10-12-24(13-11-23)16-8-6-15(7-9-16)22-19(25)14-21-18-5-3-2-4-17(18)20/h2-9,21H,10-14H2,1H3,(H,22,25). The first-order valence-electron chi connectivity index (χ1n) is 8.43. The summed E-state index contributed by atoms with van der Waals surface area (Å²) in [5.41, 5.74) is 2.74. The molecule has 0 unspecified atom stereocenters. The molecule has 0 atom stereocenters. The lowest BCUT2D eigenvalue weighted by Crippen LogP contribution is -2.44. The van der Waals surface area contributed by atoms with Crippen molar-refractivity contribution in [1.82, 2.24) is 4.90 Å². The van der Waals surface area contributed by atoms with Crippen LogP contribution in [0, 0.1) is 0 Å². The van der Waals surface area contributed by atoms with Crippen molar-refractivity contribution in [2.75, 3.05) is 55.3 Å². The van der Waals surface area contributed by atoms with Gasteiger partial charge in [-0.1, -0.05) is 23.7 Å². The van der Waals surface area contributed by atoms with Crippen LogP contribution >= 0.6 is 11.6 Å². The van der Waals surface area contributed by atoms with E-state index in [2.05, 4.69) is 39.6 Å². The van der Waals surface area contributed by atoms with Crippen LogP contribution in [0.5, 0.6) is 0 Å². The van der Waals surface area contributed by atoms with Crippen LogP contribution in [-0.4, -0.2) is 50.6 Å². The molecule has 2 N–H and O–H groups in total. The molecule has 132 valence electrons. The Morgan fingerprint density at radius 3 is 2.40 bits per heavy atom. The summed E-state index contributed by atoms with van der Waals surface area (Å²) in [7, 11) is 2.15. The Bertz CT molecular complexity index is 712. The van der Waals surface area contributed by atoms with Crippen LogP contribution in [0.25, 0.3) is 0 Å². The molecule has 0 aliphatic carbocycles. The number of hydrogen-bond acceptors (Lipinski definition) is 4. The third kappa shape index (κ3) is 4.87. The molecule has 0 saturated carbocycles. The van der Waals surface area contributed by atoms with E-state index in [1.807, 2.05) is 30.3 Å². The molecule has 1 aliphatic heterocycles. The Balaban J connectivity index is 1.51. The number of nitrogens with zero attached hydrogens (tertiary/aromatic N) is 2. The highest BCUT2D eigenvalue weighted by atomic mass is 35.5. The molecular weight excluding hydrogens is 336 g/mol. The summed E-state index contributed by atoms with van der Waals surface area (Å²) in [6.45, 7) is 4.39. The zero-order chi connectivity index (χ0) is 17.6. The fourth-order valence-corrected chi connectivity index (χ4v) is 3.01. The number of nitrogens with one attached hydrogen (secondary N) is 2. The Labute approximate surface area is 153 Å². The first-order chi connectivity index (χ1) is 12.1. The second-order valence-corrected chi connectivity index (χ2v) is 6.63. The van der Waals surface area contributed by atoms with Crippen LogP contribution in [-0.2, 0) is 4.79 Å². The lowest BCUT2D eigenvalue weighted by atomic mass is 10.2. The molecule has 1 fully saturated rings. The maximum absolute atomic E-state index is 12.1. The first-order valence-corrected chi connectivity index (χ1v) is 8.81. The molecular formula is C19H23ClN4O. The van der Waals surface area contributed by atoms with E-state index in [-0.39, 0.29) is 12.5 Å². The van der Waals surface area contributed by atoms with Crippen molar-refractivity contribution in [2.45, 2.75) is 0 Å². The average molecular weight is 359 g/mol. The molecule has 1 aliphatic rings. The summed E-state index contributed by atoms with van der Waals surface area (Å²) in [5.74, 6) is -0.104. The molecule has 25 heavy (non-hydrogen) atoms. The van der Waals surface area contributed by atoms with Crippen LogP contribution in [0.1, 0.15) is 0 Å². The van der Waals surface area contributed by atoms with Gasteiger partial charge in [0.05, 0.1) is 17.3 Å². The Morgan fingerprint density at radius 2 is 1.72 bits per heavy atom. The van der Waals surface area contributed by atoms with Gasteiger partial charge in [0.15, 0.2) is 0 Å². The SMILES string of the molecule is CN1CCN(c2ccc(NC(=O)CNc3ccccc3Cl)cc2)CC1. The Morgan fingerprint density at radius 1 is 1.04 bits per heavy atom. The van der Waals surface area contributed by atoms with Crippen LogP contribution in [0.15, 0.2) is 48.5 Å². The highest BCUT2D eigenvalue weighted by Gasteiger charge is 2.14. The van der Waals surface area contributed by atoms with Gasteiger partial charge in [0.2, 0.25) is 5.91 Å². The van der Waals surface area contributed by atoms with Gasteiger partial charge < -0.3 is 20.4 Å². The number of hydrogen-bond donors (Lipinski definition) is 2. The number of carbonyl (C=O) groups is 1. The van der Waals surface area contributed by atoms with E-state index in [1.165, 1.54) is 5.69 Å². The van der Waals surface area contributed by atoms with Crippen molar-refractivity contribution in [2.24, 2.45) is 0 Å². The number of likely N-dealkylation sites (N-methyl/N-ethyl adjacent to an activating group) is 1. The molecule has 0 aromatic heterocycles. The van der Waals surface area contributed by atoms with Gasteiger partial charge in [-0.3, -0.25) is 4.79 Å². The fraction of sp³-hybridized carbons (Fsp3) is 0.316. The number of benzene rings is 2. The molecule has 1 amide bonds. The van der Waals surface area contributed by atoms with Crippen molar-refractivity contribution in [3.63, 3.8) is 0 Å². The zero-order valence-corrected chi connectivity index (χ0v) is 15.1. The average Bonchev–Trinajstić information content (AvgIpc) is 2.62. The number of amides is 1. The number of piperazine rings is 1. The summed E-state index contributed by atoms with van der Waals surface area (Å²) in [4.78, 5) is 16.8. The summed E-state index contributed by atoms with van der Waals surface area (Å²) in [5, 5.41) is 6.54. The van der Waals surface area contributed by atoms with E-state index in [0.717, 1.165) is 37.6 Å². The summed E-state index contributed by atoms with van der Waals surface area (Å²) >= 11 is 6.07. The van der Waals surface area contributed by atoms with Gasteiger partial charge in [0.1, 0.15) is 0 Å². The van der Waals surface area contributed by atoms with E-state index in [1.54, 1.807) is 6.07 Å². The maximum Gasteiger partial charge on any atom is 0.243 e. The molecule has 0 spiro atoms. The monoisotopic (exact) mass is 358 g/mol.